The van der Waals surface area contributed by atoms with Gasteiger partial charge in [-0.05, 0) is 12.1 Å². The lowest BCUT2D eigenvalue weighted by atomic mass is 10.0. The molecule has 5 nitrogen and oxygen atoms in total. The largest absolute Gasteiger partial charge is 0.311 e. The Balaban J connectivity index is 0.000000561. The average Bonchev–Trinajstić information content (AvgIpc) is 2.91. The third-order valence-electron chi connectivity index (χ3n) is 3.48. The van der Waals surface area contributed by atoms with Crippen LogP contribution in [0.25, 0.3) is 5.70 Å². The number of benzene rings is 1. The van der Waals surface area contributed by atoms with E-state index in [0.29, 0.717) is 22.4 Å². The van der Waals surface area contributed by atoms with Crippen LogP contribution in [0.4, 0.5) is 0 Å². The Labute approximate surface area is 131 Å². The van der Waals surface area contributed by atoms with Crippen LogP contribution in [0.5, 0.6) is 0 Å². The lowest BCUT2D eigenvalue weighted by molar-refractivity contribution is 0.0693. The smallest absolute Gasteiger partial charge is 0.261 e. The van der Waals surface area contributed by atoms with Gasteiger partial charge in [-0.3, -0.25) is 19.3 Å². The molecule has 0 N–H and O–H groups in total. The summed E-state index contributed by atoms with van der Waals surface area (Å²) in [5.74, 6) is -0.911. The summed E-state index contributed by atoms with van der Waals surface area (Å²) in [5.41, 5.74) is 2.23. The zero-order valence-electron chi connectivity index (χ0n) is 14.0. The number of carbonyl (C=O) groups excluding carboxylic acids is 3. The minimum Gasteiger partial charge on any atom is -0.311 e. The van der Waals surface area contributed by atoms with Crippen LogP contribution in [0.2, 0.25) is 0 Å². The van der Waals surface area contributed by atoms with Crippen LogP contribution < -0.4 is 0 Å². The predicted molar refractivity (Wildman–Crippen MR) is 86.7 cm³/mol. The second kappa shape index (κ2) is 6.56. The summed E-state index contributed by atoms with van der Waals surface area (Å²) < 4.78 is 0. The summed E-state index contributed by atoms with van der Waals surface area (Å²) in [5, 5.41) is 0. The maximum absolute atomic E-state index is 11.9. The molecule has 0 radical (unpaired) electrons. The number of carbonyl (C=O) groups is 3. The van der Waals surface area contributed by atoms with Gasteiger partial charge in [0.2, 0.25) is 0 Å². The Morgan fingerprint density at radius 1 is 0.682 bits per heavy atom. The molecule has 0 unspecified atom stereocenters. The van der Waals surface area contributed by atoms with Gasteiger partial charge in [0.05, 0.1) is 16.7 Å². The molecule has 2 aliphatic rings. The molecule has 0 aromatic heterocycles. The molecular formula is C17H22N2O3. The first-order valence-electron chi connectivity index (χ1n) is 7.41. The standard InChI is InChI=1S/C13H10N2O3.2C2H6/c1-6-7-4-9-10(13(18)15(3)12(9)17)5-8(7)11(16)14(6)2;2*1-2/h4-5H,1H2,2-3H3;2*1-2H3. The van der Waals surface area contributed by atoms with Crippen LogP contribution >= 0.6 is 0 Å². The van der Waals surface area contributed by atoms with Crippen LogP contribution in [0, 0.1) is 0 Å². The number of rotatable bonds is 0. The van der Waals surface area contributed by atoms with Crippen molar-refractivity contribution in [1.29, 1.82) is 0 Å². The van der Waals surface area contributed by atoms with E-state index >= 15 is 0 Å². The molecule has 5 heteroatoms. The van der Waals surface area contributed by atoms with E-state index in [1.165, 1.54) is 18.0 Å². The van der Waals surface area contributed by atoms with E-state index in [-0.39, 0.29) is 23.3 Å². The highest BCUT2D eigenvalue weighted by molar-refractivity contribution is 6.23. The van der Waals surface area contributed by atoms with Gasteiger partial charge in [-0.25, -0.2) is 0 Å². The molecule has 0 spiro atoms. The highest BCUT2D eigenvalue weighted by atomic mass is 16.2. The van der Waals surface area contributed by atoms with Crippen LogP contribution in [-0.2, 0) is 0 Å². The van der Waals surface area contributed by atoms with Gasteiger partial charge in [-0.2, -0.15) is 0 Å². The molecule has 3 amide bonds. The number of hydrogen-bond acceptors (Lipinski definition) is 3. The molecule has 2 heterocycles. The molecular weight excluding hydrogens is 280 g/mol. The van der Waals surface area contributed by atoms with Crippen molar-refractivity contribution >= 4 is 23.4 Å². The second-order valence-corrected chi connectivity index (χ2v) is 4.42. The van der Waals surface area contributed by atoms with Crippen LogP contribution in [0.15, 0.2) is 18.7 Å². The summed E-state index contributed by atoms with van der Waals surface area (Å²) >= 11 is 0. The first-order chi connectivity index (χ1) is 10.4. The molecule has 1 aromatic rings. The summed E-state index contributed by atoms with van der Waals surface area (Å²) in [4.78, 5) is 38.1. The van der Waals surface area contributed by atoms with Crippen LogP contribution in [-0.4, -0.2) is 41.6 Å². The van der Waals surface area contributed by atoms with E-state index in [1.807, 2.05) is 27.7 Å². The quantitative estimate of drug-likeness (QED) is 0.692. The topological polar surface area (TPSA) is 57.7 Å². The highest BCUT2D eigenvalue weighted by Gasteiger charge is 2.37. The summed E-state index contributed by atoms with van der Waals surface area (Å²) in [6.45, 7) is 11.8. The number of amides is 3. The fraction of sp³-hybridized carbons (Fsp3) is 0.353. The van der Waals surface area contributed by atoms with E-state index in [9.17, 15) is 14.4 Å². The second-order valence-electron chi connectivity index (χ2n) is 4.42. The number of fused-ring (bicyclic) bond motifs is 2. The van der Waals surface area contributed by atoms with Crippen LogP contribution in [0.1, 0.15) is 64.3 Å². The van der Waals surface area contributed by atoms with Gasteiger partial charge in [0.25, 0.3) is 17.7 Å². The van der Waals surface area contributed by atoms with E-state index in [2.05, 4.69) is 6.58 Å². The first-order valence-corrected chi connectivity index (χ1v) is 7.41. The summed E-state index contributed by atoms with van der Waals surface area (Å²) in [7, 11) is 3.05. The van der Waals surface area contributed by atoms with Crippen molar-refractivity contribution in [3.05, 3.63) is 41.0 Å². The van der Waals surface area contributed by atoms with Crippen molar-refractivity contribution < 1.29 is 14.4 Å². The average molecular weight is 302 g/mol. The molecule has 0 fully saturated rings. The summed E-state index contributed by atoms with van der Waals surface area (Å²) in [6, 6.07) is 3.07. The summed E-state index contributed by atoms with van der Waals surface area (Å²) in [6.07, 6.45) is 0. The van der Waals surface area contributed by atoms with Crippen LogP contribution in [0.3, 0.4) is 0 Å². The molecule has 0 saturated heterocycles. The maximum atomic E-state index is 11.9. The van der Waals surface area contributed by atoms with Gasteiger partial charge in [-0.1, -0.05) is 34.3 Å². The Bertz CT molecular complexity index is 554. The Kier molecular flexibility index (Phi) is 5.25. The predicted octanol–water partition coefficient (Wildman–Crippen LogP) is 3.02. The number of nitrogens with zero attached hydrogens (tertiary/aromatic N) is 2. The molecule has 118 valence electrons. The number of imide groups is 1. The third kappa shape index (κ3) is 2.32. The van der Waals surface area contributed by atoms with Crippen molar-refractivity contribution in [1.82, 2.24) is 9.80 Å². The molecule has 0 bridgehead atoms. The van der Waals surface area contributed by atoms with Gasteiger partial charge >= 0.3 is 0 Å². The van der Waals surface area contributed by atoms with Gasteiger partial charge in [0, 0.05) is 25.4 Å². The number of hydrogen-bond donors (Lipinski definition) is 0. The van der Waals surface area contributed by atoms with E-state index < -0.39 is 0 Å². The van der Waals surface area contributed by atoms with Crippen molar-refractivity contribution in [2.24, 2.45) is 0 Å². The molecule has 0 saturated carbocycles. The van der Waals surface area contributed by atoms with E-state index in [1.54, 1.807) is 13.1 Å². The van der Waals surface area contributed by atoms with Gasteiger partial charge in [-0.15, -0.1) is 0 Å². The molecule has 0 atom stereocenters. The van der Waals surface area contributed by atoms with Crippen molar-refractivity contribution in [3.63, 3.8) is 0 Å². The lowest BCUT2D eigenvalue weighted by Crippen LogP contribution is -2.24. The van der Waals surface area contributed by atoms with Gasteiger partial charge in [0.1, 0.15) is 0 Å². The molecule has 3 rings (SSSR count). The van der Waals surface area contributed by atoms with Gasteiger partial charge in [0.15, 0.2) is 0 Å². The fourth-order valence-corrected chi connectivity index (χ4v) is 2.31. The highest BCUT2D eigenvalue weighted by Crippen LogP contribution is 2.34. The molecule has 22 heavy (non-hydrogen) atoms. The van der Waals surface area contributed by atoms with E-state index in [4.69, 9.17) is 0 Å². The normalized spacial score (nSPS) is 15.0. The Morgan fingerprint density at radius 3 is 1.45 bits per heavy atom. The zero-order chi connectivity index (χ0) is 17.2. The lowest BCUT2D eigenvalue weighted by Gasteiger charge is -2.08. The van der Waals surface area contributed by atoms with Crippen molar-refractivity contribution in [2.45, 2.75) is 27.7 Å². The Hall–Kier alpha value is -2.43. The molecule has 1 aromatic carbocycles. The third-order valence-corrected chi connectivity index (χ3v) is 3.48. The first kappa shape index (κ1) is 17.6. The molecule has 2 aliphatic heterocycles. The van der Waals surface area contributed by atoms with Crippen molar-refractivity contribution in [2.75, 3.05) is 14.1 Å². The zero-order valence-corrected chi connectivity index (χ0v) is 14.0. The SMILES string of the molecule is C=C1c2cc3c(cc2C(=O)N1C)C(=O)N(C)C3=O.CC.CC. The van der Waals surface area contributed by atoms with Crippen molar-refractivity contribution in [3.8, 4) is 0 Å². The van der Waals surface area contributed by atoms with E-state index in [0.717, 1.165) is 4.90 Å². The monoisotopic (exact) mass is 302 g/mol. The Morgan fingerprint density at radius 2 is 1.00 bits per heavy atom. The maximum Gasteiger partial charge on any atom is 0.261 e. The van der Waals surface area contributed by atoms with Gasteiger partial charge < -0.3 is 4.90 Å². The fourth-order valence-electron chi connectivity index (χ4n) is 2.31. The molecule has 0 aliphatic carbocycles. The minimum absolute atomic E-state index is 0.201. The minimum atomic E-state index is -0.370.